The SMILES string of the molecule is CCSc1cc(-c2c(F)cc(Cl)cc2F)cc2c1O[C@H]1CCNC[C@@H]21. The zero-order valence-corrected chi connectivity index (χ0v) is 15.3. The third-order valence-electron chi connectivity index (χ3n) is 4.77. The van der Waals surface area contributed by atoms with E-state index < -0.39 is 11.6 Å². The number of nitrogens with one attached hydrogen (secondary N) is 1. The average molecular weight is 382 g/mol. The van der Waals surface area contributed by atoms with Crippen molar-refractivity contribution in [2.75, 3.05) is 18.8 Å². The second kappa shape index (κ2) is 6.78. The highest BCUT2D eigenvalue weighted by Crippen LogP contribution is 2.48. The minimum atomic E-state index is -0.644. The summed E-state index contributed by atoms with van der Waals surface area (Å²) in [5.74, 6) is 0.671. The maximum atomic E-state index is 14.4. The molecule has 0 aromatic heterocycles. The molecule has 1 fully saturated rings. The molecular weight excluding hydrogens is 364 g/mol. The van der Waals surface area contributed by atoms with E-state index in [0.29, 0.717) is 5.56 Å². The first kappa shape index (κ1) is 17.1. The summed E-state index contributed by atoms with van der Waals surface area (Å²) in [6.07, 6.45) is 1.08. The molecule has 25 heavy (non-hydrogen) atoms. The van der Waals surface area contributed by atoms with E-state index in [1.165, 1.54) is 0 Å². The number of fused-ring (bicyclic) bond motifs is 3. The first-order valence-corrected chi connectivity index (χ1v) is 9.78. The third-order valence-corrected chi connectivity index (χ3v) is 5.89. The Bertz CT molecular complexity index is 806. The van der Waals surface area contributed by atoms with Crippen LogP contribution in [0.15, 0.2) is 29.2 Å². The fourth-order valence-electron chi connectivity index (χ4n) is 3.69. The number of thioether (sulfide) groups is 1. The first-order valence-electron chi connectivity index (χ1n) is 8.41. The van der Waals surface area contributed by atoms with Crippen LogP contribution in [0.2, 0.25) is 5.02 Å². The van der Waals surface area contributed by atoms with E-state index in [2.05, 4.69) is 12.2 Å². The summed E-state index contributed by atoms with van der Waals surface area (Å²) in [6, 6.07) is 6.01. The molecule has 0 amide bonds. The number of halogens is 3. The van der Waals surface area contributed by atoms with E-state index in [1.54, 1.807) is 11.8 Å². The molecule has 4 rings (SSSR count). The maximum Gasteiger partial charge on any atom is 0.137 e. The lowest BCUT2D eigenvalue weighted by Gasteiger charge is -2.24. The molecule has 2 aromatic carbocycles. The van der Waals surface area contributed by atoms with Crippen molar-refractivity contribution in [1.82, 2.24) is 5.32 Å². The van der Waals surface area contributed by atoms with E-state index in [9.17, 15) is 8.78 Å². The minimum Gasteiger partial charge on any atom is -0.488 e. The highest BCUT2D eigenvalue weighted by atomic mass is 35.5. The highest BCUT2D eigenvalue weighted by molar-refractivity contribution is 7.99. The van der Waals surface area contributed by atoms with Crippen LogP contribution in [0.25, 0.3) is 11.1 Å². The van der Waals surface area contributed by atoms with Gasteiger partial charge in [0.1, 0.15) is 23.5 Å². The fourth-order valence-corrected chi connectivity index (χ4v) is 4.70. The molecular formula is C19H18ClF2NOS. The van der Waals surface area contributed by atoms with Crippen LogP contribution in [-0.2, 0) is 0 Å². The first-order chi connectivity index (χ1) is 12.1. The monoisotopic (exact) mass is 381 g/mol. The second-order valence-corrected chi connectivity index (χ2v) is 8.07. The highest BCUT2D eigenvalue weighted by Gasteiger charge is 2.38. The van der Waals surface area contributed by atoms with E-state index in [1.807, 2.05) is 12.1 Å². The summed E-state index contributed by atoms with van der Waals surface area (Å²) in [4.78, 5) is 0.943. The Kier molecular flexibility index (Phi) is 4.65. The molecule has 0 unspecified atom stereocenters. The van der Waals surface area contributed by atoms with Gasteiger partial charge in [0.25, 0.3) is 0 Å². The fraction of sp³-hybridized carbons (Fsp3) is 0.368. The van der Waals surface area contributed by atoms with Crippen molar-refractivity contribution in [3.63, 3.8) is 0 Å². The zero-order valence-electron chi connectivity index (χ0n) is 13.7. The van der Waals surface area contributed by atoms with Crippen molar-refractivity contribution in [3.8, 4) is 16.9 Å². The predicted octanol–water partition coefficient (Wildman–Crippen LogP) is 5.24. The van der Waals surface area contributed by atoms with Crippen molar-refractivity contribution in [2.45, 2.75) is 30.3 Å². The smallest absolute Gasteiger partial charge is 0.137 e. The van der Waals surface area contributed by atoms with Crippen LogP contribution in [0, 0.1) is 11.6 Å². The normalized spacial score (nSPS) is 21.6. The third kappa shape index (κ3) is 3.03. The van der Waals surface area contributed by atoms with Crippen molar-refractivity contribution in [2.24, 2.45) is 0 Å². The molecule has 2 nitrogen and oxygen atoms in total. The Balaban J connectivity index is 1.87. The number of piperidine rings is 1. The molecule has 2 aliphatic rings. The minimum absolute atomic E-state index is 0.0302. The quantitative estimate of drug-likeness (QED) is 0.735. The lowest BCUT2D eigenvalue weighted by molar-refractivity contribution is 0.169. The van der Waals surface area contributed by atoms with Crippen LogP contribution in [0.1, 0.15) is 24.8 Å². The van der Waals surface area contributed by atoms with Gasteiger partial charge >= 0.3 is 0 Å². The summed E-state index contributed by atoms with van der Waals surface area (Å²) in [5, 5.41) is 3.44. The average Bonchev–Trinajstić information content (AvgIpc) is 2.93. The molecule has 0 spiro atoms. The van der Waals surface area contributed by atoms with Crippen LogP contribution in [0.5, 0.6) is 5.75 Å². The van der Waals surface area contributed by atoms with Gasteiger partial charge in [-0.15, -0.1) is 11.8 Å². The van der Waals surface area contributed by atoms with Gasteiger partial charge in [0, 0.05) is 23.0 Å². The van der Waals surface area contributed by atoms with Crippen molar-refractivity contribution in [1.29, 1.82) is 0 Å². The van der Waals surface area contributed by atoms with Gasteiger partial charge in [-0.1, -0.05) is 18.5 Å². The van der Waals surface area contributed by atoms with Gasteiger partial charge in [0.15, 0.2) is 0 Å². The molecule has 0 saturated carbocycles. The Morgan fingerprint density at radius 2 is 2.00 bits per heavy atom. The number of ether oxygens (including phenoxy) is 1. The summed E-state index contributed by atoms with van der Waals surface area (Å²) in [7, 11) is 0. The zero-order chi connectivity index (χ0) is 17.6. The van der Waals surface area contributed by atoms with Crippen molar-refractivity contribution >= 4 is 23.4 Å². The summed E-state index contributed by atoms with van der Waals surface area (Å²) in [6.45, 7) is 3.80. The lowest BCUT2D eigenvalue weighted by atomic mass is 9.89. The van der Waals surface area contributed by atoms with Gasteiger partial charge < -0.3 is 10.1 Å². The van der Waals surface area contributed by atoms with Crippen LogP contribution < -0.4 is 10.1 Å². The van der Waals surface area contributed by atoms with Crippen molar-refractivity contribution < 1.29 is 13.5 Å². The van der Waals surface area contributed by atoms with E-state index in [4.69, 9.17) is 16.3 Å². The topological polar surface area (TPSA) is 21.3 Å². The van der Waals surface area contributed by atoms with Gasteiger partial charge in [-0.3, -0.25) is 0 Å². The molecule has 0 bridgehead atoms. The second-order valence-electron chi connectivity index (χ2n) is 6.33. The molecule has 1 saturated heterocycles. The van der Waals surface area contributed by atoms with Gasteiger partial charge in [-0.25, -0.2) is 8.78 Å². The predicted molar refractivity (Wildman–Crippen MR) is 97.8 cm³/mol. The molecule has 0 aliphatic carbocycles. The van der Waals surface area contributed by atoms with Crippen molar-refractivity contribution in [3.05, 3.63) is 46.5 Å². The number of benzene rings is 2. The van der Waals surface area contributed by atoms with Crippen LogP contribution in [0.4, 0.5) is 8.78 Å². The molecule has 132 valence electrons. The summed E-state index contributed by atoms with van der Waals surface area (Å²) >= 11 is 7.40. The standard InChI is InChI=1S/C19H18ClF2NOS/c1-2-25-17-6-10(18-14(21)7-11(20)8-15(18)22)5-12-13-9-23-4-3-16(13)24-19(12)17/h5-8,13,16,23H,2-4,9H2,1H3/t13-,16-/m0/s1. The van der Waals surface area contributed by atoms with Crippen LogP contribution in [0.3, 0.4) is 0 Å². The molecule has 1 N–H and O–H groups in total. The van der Waals surface area contributed by atoms with Gasteiger partial charge in [-0.05, 0) is 48.5 Å². The number of rotatable bonds is 3. The Morgan fingerprint density at radius 3 is 2.72 bits per heavy atom. The number of hydrogen-bond acceptors (Lipinski definition) is 3. The lowest BCUT2D eigenvalue weighted by Crippen LogP contribution is -2.37. The molecule has 2 aliphatic heterocycles. The molecule has 0 radical (unpaired) electrons. The van der Waals surface area contributed by atoms with Crippen LogP contribution in [-0.4, -0.2) is 24.9 Å². The largest absolute Gasteiger partial charge is 0.488 e. The van der Waals surface area contributed by atoms with Gasteiger partial charge in [0.2, 0.25) is 0 Å². The van der Waals surface area contributed by atoms with E-state index in [-0.39, 0.29) is 22.6 Å². The Labute approximate surface area is 154 Å². The Hall–Kier alpha value is -1.30. The van der Waals surface area contributed by atoms with Gasteiger partial charge in [-0.2, -0.15) is 0 Å². The molecule has 6 heteroatoms. The maximum absolute atomic E-state index is 14.4. The molecule has 2 aromatic rings. The van der Waals surface area contributed by atoms with Gasteiger partial charge in [0.05, 0.1) is 10.5 Å². The number of hydrogen-bond donors (Lipinski definition) is 1. The summed E-state index contributed by atoms with van der Waals surface area (Å²) < 4.78 is 35.0. The van der Waals surface area contributed by atoms with E-state index >= 15 is 0 Å². The molecule has 2 heterocycles. The van der Waals surface area contributed by atoms with E-state index in [0.717, 1.165) is 53.6 Å². The Morgan fingerprint density at radius 1 is 1.24 bits per heavy atom. The van der Waals surface area contributed by atoms with Crippen LogP contribution >= 0.6 is 23.4 Å². The summed E-state index contributed by atoms with van der Waals surface area (Å²) in [5.41, 5.74) is 1.55. The molecule has 2 atom stereocenters.